The molecule has 0 spiro atoms. The molecule has 0 radical (unpaired) electrons. The van der Waals surface area contributed by atoms with Crippen LogP contribution in [0.5, 0.6) is 0 Å². The standard InChI is InChI=1S/C8H8BBrF3/c1-5-3-7(10)4-6(2)8(5)9(11,12)13/h3-4H,1-2H3/q-1. The van der Waals surface area contributed by atoms with E-state index in [0.29, 0.717) is 4.47 Å². The Hall–Kier alpha value is -0.445. The van der Waals surface area contributed by atoms with E-state index < -0.39 is 12.4 Å². The number of hydrogen-bond donors (Lipinski definition) is 0. The molecule has 0 nitrogen and oxygen atoms in total. The van der Waals surface area contributed by atoms with Crippen LogP contribution in [0, 0.1) is 13.8 Å². The molecular formula is C8H8BBrF3-. The maximum atomic E-state index is 12.5. The normalized spacial score (nSPS) is 11.8. The molecule has 0 aliphatic heterocycles. The lowest BCUT2D eigenvalue weighted by atomic mass is 9.74. The zero-order chi connectivity index (χ0) is 10.2. The average molecular weight is 252 g/mol. The summed E-state index contributed by atoms with van der Waals surface area (Å²) < 4.78 is 38.2. The molecule has 0 saturated heterocycles. The van der Waals surface area contributed by atoms with Crippen molar-refractivity contribution < 1.29 is 12.9 Å². The summed E-state index contributed by atoms with van der Waals surface area (Å²) in [4.78, 5) is 0. The fraction of sp³-hybridized carbons (Fsp3) is 0.250. The Balaban J connectivity index is 3.38. The van der Waals surface area contributed by atoms with Gasteiger partial charge < -0.3 is 12.9 Å². The monoisotopic (exact) mass is 251 g/mol. The maximum Gasteiger partial charge on any atom is 0.510 e. The second kappa shape index (κ2) is 3.37. The van der Waals surface area contributed by atoms with Crippen molar-refractivity contribution in [1.82, 2.24) is 0 Å². The lowest BCUT2D eigenvalue weighted by molar-refractivity contribution is 0.500. The molecule has 1 aromatic rings. The quantitative estimate of drug-likeness (QED) is 0.673. The Labute approximate surface area is 83.3 Å². The van der Waals surface area contributed by atoms with Gasteiger partial charge >= 0.3 is 6.98 Å². The van der Waals surface area contributed by atoms with Gasteiger partial charge in [-0.05, 0) is 26.0 Å². The van der Waals surface area contributed by atoms with Crippen LogP contribution in [-0.2, 0) is 0 Å². The van der Waals surface area contributed by atoms with Crippen molar-refractivity contribution in [3.63, 3.8) is 0 Å². The molecule has 13 heavy (non-hydrogen) atoms. The first-order valence-electron chi connectivity index (χ1n) is 3.79. The summed E-state index contributed by atoms with van der Waals surface area (Å²) in [7, 11) is 0. The molecule has 0 unspecified atom stereocenters. The predicted molar refractivity (Wildman–Crippen MR) is 52.3 cm³/mol. The molecule has 0 aromatic heterocycles. The zero-order valence-electron chi connectivity index (χ0n) is 7.24. The largest absolute Gasteiger partial charge is 0.510 e. The highest BCUT2D eigenvalue weighted by Crippen LogP contribution is 2.19. The van der Waals surface area contributed by atoms with E-state index in [1.165, 1.54) is 26.0 Å². The fourth-order valence-corrected chi connectivity index (χ4v) is 2.12. The van der Waals surface area contributed by atoms with Crippen molar-refractivity contribution >= 4 is 28.4 Å². The number of hydrogen-bond acceptors (Lipinski definition) is 0. The first kappa shape index (κ1) is 10.6. The summed E-state index contributed by atoms with van der Waals surface area (Å²) in [5.41, 5.74) is 0.0851. The van der Waals surface area contributed by atoms with Crippen molar-refractivity contribution in [3.8, 4) is 0 Å². The summed E-state index contributed by atoms with van der Waals surface area (Å²) in [5, 5.41) is 0. The highest BCUT2D eigenvalue weighted by Gasteiger charge is 2.28. The molecule has 1 aromatic carbocycles. The van der Waals surface area contributed by atoms with E-state index in [1.54, 1.807) is 0 Å². The zero-order valence-corrected chi connectivity index (χ0v) is 8.83. The van der Waals surface area contributed by atoms with Gasteiger partial charge in [0.1, 0.15) is 0 Å². The van der Waals surface area contributed by atoms with Gasteiger partial charge in [0.25, 0.3) is 0 Å². The molecule has 0 atom stereocenters. The van der Waals surface area contributed by atoms with Crippen LogP contribution in [0.25, 0.3) is 0 Å². The second-order valence-corrected chi connectivity index (χ2v) is 3.94. The Morgan fingerprint density at radius 1 is 1.08 bits per heavy atom. The SMILES string of the molecule is Cc1cc(Br)cc(C)c1[B-](F)(F)F. The summed E-state index contributed by atoms with van der Waals surface area (Å²) in [5.74, 6) is 0. The van der Waals surface area contributed by atoms with Crippen LogP contribution in [0.1, 0.15) is 11.1 Å². The predicted octanol–water partition coefficient (Wildman–Crippen LogP) is 3.12. The van der Waals surface area contributed by atoms with Crippen molar-refractivity contribution in [2.24, 2.45) is 0 Å². The summed E-state index contributed by atoms with van der Waals surface area (Å²) >= 11 is 3.15. The fourth-order valence-electron chi connectivity index (χ4n) is 1.44. The van der Waals surface area contributed by atoms with E-state index in [0.717, 1.165) is 0 Å². The van der Waals surface area contributed by atoms with Gasteiger partial charge in [-0.25, -0.2) is 0 Å². The van der Waals surface area contributed by atoms with E-state index in [9.17, 15) is 12.9 Å². The minimum atomic E-state index is -4.89. The Bertz CT molecular complexity index is 310. The molecule has 5 heteroatoms. The van der Waals surface area contributed by atoms with Crippen LogP contribution in [0.3, 0.4) is 0 Å². The molecule has 0 aliphatic rings. The van der Waals surface area contributed by atoms with Crippen LogP contribution < -0.4 is 5.46 Å². The average Bonchev–Trinajstić information content (AvgIpc) is 1.78. The Kier molecular flexibility index (Phi) is 2.75. The van der Waals surface area contributed by atoms with Gasteiger partial charge in [-0.3, -0.25) is 0 Å². The van der Waals surface area contributed by atoms with Gasteiger partial charge in [0.2, 0.25) is 0 Å². The molecule has 0 heterocycles. The lowest BCUT2D eigenvalue weighted by Gasteiger charge is -2.20. The maximum absolute atomic E-state index is 12.5. The van der Waals surface area contributed by atoms with Crippen LogP contribution >= 0.6 is 15.9 Å². The number of halogens is 4. The molecule has 0 saturated carbocycles. The Morgan fingerprint density at radius 2 is 1.46 bits per heavy atom. The molecule has 0 N–H and O–H groups in total. The third kappa shape index (κ3) is 2.27. The van der Waals surface area contributed by atoms with Gasteiger partial charge in [-0.15, -0.1) is 5.46 Å². The minimum absolute atomic E-state index is 0.277. The van der Waals surface area contributed by atoms with E-state index >= 15 is 0 Å². The van der Waals surface area contributed by atoms with Crippen LogP contribution in [0.2, 0.25) is 0 Å². The molecule has 0 aliphatic carbocycles. The third-order valence-electron chi connectivity index (χ3n) is 1.89. The highest BCUT2D eigenvalue weighted by atomic mass is 79.9. The van der Waals surface area contributed by atoms with E-state index in [4.69, 9.17) is 0 Å². The van der Waals surface area contributed by atoms with Crippen molar-refractivity contribution in [3.05, 3.63) is 27.7 Å². The van der Waals surface area contributed by atoms with Gasteiger partial charge in [-0.2, -0.15) is 0 Å². The lowest BCUT2D eigenvalue weighted by Crippen LogP contribution is -2.38. The van der Waals surface area contributed by atoms with Crippen LogP contribution in [0.4, 0.5) is 12.9 Å². The molecular weight excluding hydrogens is 244 g/mol. The molecule has 0 bridgehead atoms. The van der Waals surface area contributed by atoms with Crippen molar-refractivity contribution in [2.75, 3.05) is 0 Å². The smallest absolute Gasteiger partial charge is 0.445 e. The van der Waals surface area contributed by atoms with Crippen molar-refractivity contribution in [2.45, 2.75) is 13.8 Å². The summed E-state index contributed by atoms with van der Waals surface area (Å²) in [6.45, 7) is -1.94. The first-order chi connectivity index (χ1) is 5.82. The van der Waals surface area contributed by atoms with Crippen molar-refractivity contribution in [1.29, 1.82) is 0 Å². The van der Waals surface area contributed by atoms with Crippen LogP contribution in [-0.4, -0.2) is 6.98 Å². The molecule has 72 valence electrons. The first-order valence-corrected chi connectivity index (χ1v) is 4.58. The van der Waals surface area contributed by atoms with Crippen LogP contribution in [0.15, 0.2) is 16.6 Å². The van der Waals surface area contributed by atoms with Gasteiger partial charge in [0.15, 0.2) is 0 Å². The molecule has 0 amide bonds. The van der Waals surface area contributed by atoms with Gasteiger partial charge in [-0.1, -0.05) is 27.1 Å². The minimum Gasteiger partial charge on any atom is -0.445 e. The van der Waals surface area contributed by atoms with E-state index in [-0.39, 0.29) is 11.1 Å². The number of benzene rings is 1. The van der Waals surface area contributed by atoms with Gasteiger partial charge in [0, 0.05) is 4.47 Å². The summed E-state index contributed by atoms with van der Waals surface area (Å²) in [6, 6.07) is 2.97. The Morgan fingerprint density at radius 3 is 1.77 bits per heavy atom. The second-order valence-electron chi connectivity index (χ2n) is 3.03. The number of aryl methyl sites for hydroxylation is 2. The molecule has 0 fully saturated rings. The highest BCUT2D eigenvalue weighted by molar-refractivity contribution is 9.10. The van der Waals surface area contributed by atoms with E-state index in [2.05, 4.69) is 15.9 Å². The number of rotatable bonds is 1. The summed E-state index contributed by atoms with van der Waals surface area (Å²) in [6.07, 6.45) is 0. The molecule has 1 rings (SSSR count). The topological polar surface area (TPSA) is 0 Å². The third-order valence-corrected chi connectivity index (χ3v) is 2.34. The van der Waals surface area contributed by atoms with Gasteiger partial charge in [0.05, 0.1) is 0 Å². The van der Waals surface area contributed by atoms with E-state index in [1.807, 2.05) is 0 Å².